The summed E-state index contributed by atoms with van der Waals surface area (Å²) in [7, 11) is 0. The fraction of sp³-hybridized carbons (Fsp3) is 0.333. The van der Waals surface area contributed by atoms with Crippen LogP contribution >= 0.6 is 0 Å². The summed E-state index contributed by atoms with van der Waals surface area (Å²) in [6.07, 6.45) is 3.32. The average molecular weight is 140 g/mol. The number of allylic oxidation sites excluding steroid dienone is 5. The standard InChI is InChI=1S/C9H13F/c1-5-8(4)6-9(10)7(2)3/h5-6H,2H2,1,3-4H3/b8-5-,9-6+. The zero-order valence-electron chi connectivity index (χ0n) is 6.74. The van der Waals surface area contributed by atoms with E-state index < -0.39 is 0 Å². The highest BCUT2D eigenvalue weighted by atomic mass is 19.1. The number of rotatable bonds is 2. The van der Waals surface area contributed by atoms with Gasteiger partial charge in [-0.1, -0.05) is 18.2 Å². The topological polar surface area (TPSA) is 0 Å². The molecule has 0 aromatic rings. The molecule has 0 aromatic carbocycles. The van der Waals surface area contributed by atoms with Crippen molar-refractivity contribution in [2.45, 2.75) is 20.8 Å². The third-order valence-corrected chi connectivity index (χ3v) is 1.22. The van der Waals surface area contributed by atoms with Crippen LogP contribution in [0.4, 0.5) is 4.39 Å². The summed E-state index contributed by atoms with van der Waals surface area (Å²) in [5, 5.41) is 0. The second kappa shape index (κ2) is 4.04. The van der Waals surface area contributed by atoms with Crippen molar-refractivity contribution in [1.29, 1.82) is 0 Å². The van der Waals surface area contributed by atoms with Crippen molar-refractivity contribution in [1.82, 2.24) is 0 Å². The first kappa shape index (κ1) is 9.15. The lowest BCUT2D eigenvalue weighted by Crippen LogP contribution is -1.75. The van der Waals surface area contributed by atoms with E-state index in [-0.39, 0.29) is 5.83 Å². The molecule has 0 heterocycles. The van der Waals surface area contributed by atoms with Gasteiger partial charge < -0.3 is 0 Å². The van der Waals surface area contributed by atoms with Gasteiger partial charge in [-0.05, 0) is 32.4 Å². The quantitative estimate of drug-likeness (QED) is 0.516. The van der Waals surface area contributed by atoms with Crippen molar-refractivity contribution < 1.29 is 4.39 Å². The van der Waals surface area contributed by atoms with Gasteiger partial charge in [0, 0.05) is 0 Å². The molecule has 0 bridgehead atoms. The second-order valence-electron chi connectivity index (χ2n) is 2.31. The maximum atomic E-state index is 12.7. The van der Waals surface area contributed by atoms with Crippen molar-refractivity contribution in [2.24, 2.45) is 0 Å². The minimum atomic E-state index is -0.240. The van der Waals surface area contributed by atoms with Crippen molar-refractivity contribution in [2.75, 3.05) is 0 Å². The van der Waals surface area contributed by atoms with Gasteiger partial charge in [0.25, 0.3) is 0 Å². The van der Waals surface area contributed by atoms with Crippen molar-refractivity contribution in [3.63, 3.8) is 0 Å². The van der Waals surface area contributed by atoms with Crippen LogP contribution in [0.5, 0.6) is 0 Å². The summed E-state index contributed by atoms with van der Waals surface area (Å²) in [4.78, 5) is 0. The maximum absolute atomic E-state index is 12.7. The molecule has 0 radical (unpaired) electrons. The van der Waals surface area contributed by atoms with Crippen molar-refractivity contribution >= 4 is 0 Å². The number of hydrogen-bond donors (Lipinski definition) is 0. The van der Waals surface area contributed by atoms with Gasteiger partial charge in [-0.25, -0.2) is 4.39 Å². The van der Waals surface area contributed by atoms with Crippen LogP contribution in [-0.4, -0.2) is 0 Å². The summed E-state index contributed by atoms with van der Waals surface area (Å²) in [6, 6.07) is 0. The molecule has 0 fully saturated rings. The van der Waals surface area contributed by atoms with Gasteiger partial charge in [-0.15, -0.1) is 0 Å². The Morgan fingerprint density at radius 1 is 1.40 bits per heavy atom. The Kier molecular flexibility index (Phi) is 3.70. The molecule has 0 saturated carbocycles. The van der Waals surface area contributed by atoms with Crippen LogP contribution in [0.15, 0.2) is 35.7 Å². The zero-order chi connectivity index (χ0) is 8.15. The molecule has 56 valence electrons. The minimum Gasteiger partial charge on any atom is -0.207 e. The Bertz CT molecular complexity index is 185. The first-order chi connectivity index (χ1) is 4.57. The van der Waals surface area contributed by atoms with Gasteiger partial charge >= 0.3 is 0 Å². The van der Waals surface area contributed by atoms with Gasteiger partial charge in [-0.3, -0.25) is 0 Å². The predicted octanol–water partition coefficient (Wildman–Crippen LogP) is 3.38. The lowest BCUT2D eigenvalue weighted by atomic mass is 10.2. The molecule has 0 spiro atoms. The average Bonchev–Trinajstić information content (AvgIpc) is 1.87. The summed E-state index contributed by atoms with van der Waals surface area (Å²) >= 11 is 0. The summed E-state index contributed by atoms with van der Waals surface area (Å²) in [5.41, 5.74) is 1.39. The molecular formula is C9H13F. The minimum absolute atomic E-state index is 0.240. The Morgan fingerprint density at radius 3 is 2.20 bits per heavy atom. The normalized spacial score (nSPS) is 13.6. The van der Waals surface area contributed by atoms with Crippen LogP contribution < -0.4 is 0 Å². The molecule has 10 heavy (non-hydrogen) atoms. The largest absolute Gasteiger partial charge is 0.207 e. The lowest BCUT2D eigenvalue weighted by molar-refractivity contribution is 0.651. The van der Waals surface area contributed by atoms with Crippen LogP contribution in [-0.2, 0) is 0 Å². The molecule has 0 aromatic heterocycles. The fourth-order valence-electron chi connectivity index (χ4n) is 0.406. The van der Waals surface area contributed by atoms with Crippen LogP contribution in [0.1, 0.15) is 20.8 Å². The highest BCUT2D eigenvalue weighted by Crippen LogP contribution is 2.10. The Balaban J connectivity index is 4.31. The van der Waals surface area contributed by atoms with E-state index >= 15 is 0 Å². The fourth-order valence-corrected chi connectivity index (χ4v) is 0.406. The Morgan fingerprint density at radius 2 is 1.90 bits per heavy atom. The van der Waals surface area contributed by atoms with Crippen LogP contribution in [0, 0.1) is 0 Å². The molecule has 0 atom stereocenters. The van der Waals surface area contributed by atoms with E-state index in [1.807, 2.05) is 19.9 Å². The Labute approximate surface area is 61.8 Å². The molecule has 0 amide bonds. The van der Waals surface area contributed by atoms with Gasteiger partial charge in [0.05, 0.1) is 0 Å². The molecule has 0 N–H and O–H groups in total. The van der Waals surface area contributed by atoms with Crippen molar-refractivity contribution in [3.05, 3.63) is 35.7 Å². The van der Waals surface area contributed by atoms with Crippen LogP contribution in [0.25, 0.3) is 0 Å². The summed E-state index contributed by atoms with van der Waals surface area (Å²) in [5.74, 6) is -0.240. The van der Waals surface area contributed by atoms with Crippen molar-refractivity contribution in [3.8, 4) is 0 Å². The first-order valence-electron chi connectivity index (χ1n) is 3.24. The number of hydrogen-bond acceptors (Lipinski definition) is 0. The van der Waals surface area contributed by atoms with Crippen LogP contribution in [0.2, 0.25) is 0 Å². The second-order valence-corrected chi connectivity index (χ2v) is 2.31. The molecule has 0 saturated heterocycles. The summed E-state index contributed by atoms with van der Waals surface area (Å²) < 4.78 is 12.7. The highest BCUT2D eigenvalue weighted by Gasteiger charge is 1.92. The first-order valence-corrected chi connectivity index (χ1v) is 3.24. The van der Waals surface area contributed by atoms with E-state index in [9.17, 15) is 4.39 Å². The van der Waals surface area contributed by atoms with Gasteiger partial charge in [0.1, 0.15) is 5.83 Å². The van der Waals surface area contributed by atoms with E-state index in [4.69, 9.17) is 0 Å². The SMILES string of the molecule is C=C(C)/C(F)=C\C(C)=C/C. The Hall–Kier alpha value is -0.850. The molecule has 0 rings (SSSR count). The van der Waals surface area contributed by atoms with E-state index in [0.29, 0.717) is 5.57 Å². The smallest absolute Gasteiger partial charge is 0.125 e. The van der Waals surface area contributed by atoms with Gasteiger partial charge in [0.15, 0.2) is 0 Å². The molecule has 0 aliphatic heterocycles. The van der Waals surface area contributed by atoms with E-state index in [0.717, 1.165) is 5.57 Å². The van der Waals surface area contributed by atoms with E-state index in [2.05, 4.69) is 6.58 Å². The molecule has 0 aliphatic rings. The van der Waals surface area contributed by atoms with Crippen LogP contribution in [0.3, 0.4) is 0 Å². The number of halogens is 1. The molecule has 0 unspecified atom stereocenters. The lowest BCUT2D eigenvalue weighted by Gasteiger charge is -1.93. The highest BCUT2D eigenvalue weighted by molar-refractivity contribution is 5.28. The van der Waals surface area contributed by atoms with E-state index in [1.54, 1.807) is 6.92 Å². The predicted molar refractivity (Wildman–Crippen MR) is 43.4 cm³/mol. The third kappa shape index (κ3) is 3.23. The third-order valence-electron chi connectivity index (χ3n) is 1.22. The van der Waals surface area contributed by atoms with E-state index in [1.165, 1.54) is 6.08 Å². The zero-order valence-corrected chi connectivity index (χ0v) is 6.74. The molecule has 0 aliphatic carbocycles. The molecule has 1 heteroatoms. The molecular weight excluding hydrogens is 127 g/mol. The van der Waals surface area contributed by atoms with Gasteiger partial charge in [0.2, 0.25) is 0 Å². The molecule has 0 nitrogen and oxygen atoms in total. The van der Waals surface area contributed by atoms with Gasteiger partial charge in [-0.2, -0.15) is 0 Å². The maximum Gasteiger partial charge on any atom is 0.125 e. The monoisotopic (exact) mass is 140 g/mol. The summed E-state index contributed by atoms with van der Waals surface area (Å²) in [6.45, 7) is 8.84.